The van der Waals surface area contributed by atoms with Crippen molar-refractivity contribution in [2.75, 3.05) is 24.0 Å². The van der Waals surface area contributed by atoms with Gasteiger partial charge in [0.1, 0.15) is 11.0 Å². The highest BCUT2D eigenvalue weighted by Crippen LogP contribution is 2.37. The fourth-order valence-corrected chi connectivity index (χ4v) is 4.59. The van der Waals surface area contributed by atoms with Crippen LogP contribution in [-0.2, 0) is 4.79 Å². The molecule has 0 bridgehead atoms. The summed E-state index contributed by atoms with van der Waals surface area (Å²) in [6, 6.07) is 11.4. The zero-order valence-corrected chi connectivity index (χ0v) is 18.3. The lowest BCUT2D eigenvalue weighted by molar-refractivity contribution is -0.119. The fraction of sp³-hybridized carbons (Fsp3) is 0.238. The van der Waals surface area contributed by atoms with E-state index >= 15 is 0 Å². The number of anilines is 2. The van der Waals surface area contributed by atoms with Crippen molar-refractivity contribution in [3.05, 3.63) is 47.5 Å². The van der Waals surface area contributed by atoms with Crippen LogP contribution in [0.2, 0.25) is 5.02 Å². The number of hydrogen-bond acceptors (Lipinski definition) is 7. The van der Waals surface area contributed by atoms with Gasteiger partial charge in [-0.05, 0) is 49.2 Å². The van der Waals surface area contributed by atoms with Crippen molar-refractivity contribution in [3.63, 3.8) is 0 Å². The monoisotopic (exact) mass is 471 g/mol. The maximum Gasteiger partial charge on any atom is 0.322 e. The Morgan fingerprint density at radius 2 is 1.97 bits per heavy atom. The van der Waals surface area contributed by atoms with Gasteiger partial charge in [0, 0.05) is 22.8 Å². The average Bonchev–Trinajstić information content (AvgIpc) is 3.53. The molecule has 32 heavy (non-hydrogen) atoms. The summed E-state index contributed by atoms with van der Waals surface area (Å²) in [7, 11) is 0. The van der Waals surface area contributed by atoms with Crippen LogP contribution in [0.25, 0.3) is 10.6 Å². The highest BCUT2D eigenvalue weighted by Gasteiger charge is 2.34. The predicted molar refractivity (Wildman–Crippen MR) is 120 cm³/mol. The number of ether oxygens (including phenoxy) is 2. The molecular formula is C21H18ClN5O4S. The van der Waals surface area contributed by atoms with Gasteiger partial charge in [0.2, 0.25) is 17.8 Å². The lowest BCUT2D eigenvalue weighted by Gasteiger charge is -2.23. The lowest BCUT2D eigenvalue weighted by atomic mass is 10.2. The Labute approximate surface area is 192 Å². The summed E-state index contributed by atoms with van der Waals surface area (Å²) in [5.41, 5.74) is 1.39. The average molecular weight is 472 g/mol. The fourth-order valence-electron chi connectivity index (χ4n) is 3.65. The minimum Gasteiger partial charge on any atom is -0.454 e. The molecular weight excluding hydrogens is 454 g/mol. The number of hydrogen-bond donors (Lipinski definition) is 2. The van der Waals surface area contributed by atoms with E-state index in [0.29, 0.717) is 45.3 Å². The summed E-state index contributed by atoms with van der Waals surface area (Å²) in [4.78, 5) is 27.1. The second-order valence-corrected chi connectivity index (χ2v) is 8.68. The summed E-state index contributed by atoms with van der Waals surface area (Å²) < 4.78 is 10.7. The number of amides is 3. The molecule has 1 aromatic heterocycles. The van der Waals surface area contributed by atoms with E-state index < -0.39 is 6.04 Å². The van der Waals surface area contributed by atoms with E-state index in [4.69, 9.17) is 21.1 Å². The first kappa shape index (κ1) is 20.5. The number of nitrogens with zero attached hydrogens (tertiary/aromatic N) is 3. The molecule has 1 unspecified atom stereocenters. The minimum atomic E-state index is -0.591. The molecule has 0 radical (unpaired) electrons. The number of likely N-dealkylation sites (tertiary alicyclic amines) is 1. The van der Waals surface area contributed by atoms with Gasteiger partial charge in [-0.25, -0.2) is 4.79 Å². The molecule has 0 aliphatic carbocycles. The van der Waals surface area contributed by atoms with E-state index in [2.05, 4.69) is 20.8 Å². The van der Waals surface area contributed by atoms with Crippen LogP contribution in [0, 0.1) is 0 Å². The predicted octanol–water partition coefficient (Wildman–Crippen LogP) is 4.22. The van der Waals surface area contributed by atoms with Gasteiger partial charge in [0.25, 0.3) is 0 Å². The Hall–Kier alpha value is -3.37. The number of benzene rings is 2. The third kappa shape index (κ3) is 4.19. The van der Waals surface area contributed by atoms with Crippen molar-refractivity contribution in [2.45, 2.75) is 18.9 Å². The van der Waals surface area contributed by atoms with Crippen LogP contribution in [0.4, 0.5) is 15.6 Å². The molecule has 2 aliphatic heterocycles. The van der Waals surface area contributed by atoms with Gasteiger partial charge < -0.3 is 19.7 Å². The minimum absolute atomic E-state index is 0.193. The standard InChI is InChI=1S/C21H18ClN5O4S/c22-13-3-1-4-14(10-13)23-21(29)27-8-2-5-15(27)18(28)24-20-26-25-19(32-20)12-6-7-16-17(9-12)31-11-30-16/h1,3-4,6-7,9-10,15H,2,5,8,11H2,(H,23,29)(H,24,26,28). The number of fused-ring (bicyclic) bond motifs is 1. The van der Waals surface area contributed by atoms with Gasteiger partial charge in [-0.2, -0.15) is 0 Å². The molecule has 9 nitrogen and oxygen atoms in total. The molecule has 11 heteroatoms. The van der Waals surface area contributed by atoms with Gasteiger partial charge in [0.05, 0.1) is 0 Å². The van der Waals surface area contributed by atoms with Gasteiger partial charge in [-0.15, -0.1) is 10.2 Å². The first-order valence-corrected chi connectivity index (χ1v) is 11.1. The molecule has 3 amide bonds. The van der Waals surface area contributed by atoms with Crippen molar-refractivity contribution in [2.24, 2.45) is 0 Å². The Kier molecular flexibility index (Phi) is 5.54. The lowest BCUT2D eigenvalue weighted by Crippen LogP contribution is -2.45. The Bertz CT molecular complexity index is 1190. The number of halogens is 1. The Morgan fingerprint density at radius 1 is 1.09 bits per heavy atom. The van der Waals surface area contributed by atoms with Crippen LogP contribution >= 0.6 is 22.9 Å². The molecule has 2 aromatic carbocycles. The summed E-state index contributed by atoms with van der Waals surface area (Å²) in [5, 5.41) is 15.3. The molecule has 2 N–H and O–H groups in total. The van der Waals surface area contributed by atoms with E-state index in [-0.39, 0.29) is 18.7 Å². The molecule has 164 valence electrons. The largest absolute Gasteiger partial charge is 0.454 e. The highest BCUT2D eigenvalue weighted by molar-refractivity contribution is 7.18. The second kappa shape index (κ2) is 8.64. The van der Waals surface area contributed by atoms with Gasteiger partial charge in [-0.3, -0.25) is 10.1 Å². The van der Waals surface area contributed by atoms with Gasteiger partial charge in [-0.1, -0.05) is 29.0 Å². The molecule has 3 heterocycles. The Morgan fingerprint density at radius 3 is 2.84 bits per heavy atom. The van der Waals surface area contributed by atoms with Crippen LogP contribution in [0.5, 0.6) is 11.5 Å². The molecule has 1 saturated heterocycles. The SMILES string of the molecule is O=C(Nc1nnc(-c2ccc3c(c2)OCO3)s1)C1CCCN1C(=O)Nc1cccc(Cl)c1. The van der Waals surface area contributed by atoms with Crippen molar-refractivity contribution < 1.29 is 19.1 Å². The molecule has 0 spiro atoms. The van der Waals surface area contributed by atoms with Crippen molar-refractivity contribution in [1.29, 1.82) is 0 Å². The normalized spacial score (nSPS) is 16.8. The van der Waals surface area contributed by atoms with E-state index in [1.807, 2.05) is 18.2 Å². The molecule has 2 aliphatic rings. The molecule has 1 atom stereocenters. The van der Waals surface area contributed by atoms with Gasteiger partial charge >= 0.3 is 6.03 Å². The number of aromatic nitrogens is 2. The highest BCUT2D eigenvalue weighted by atomic mass is 35.5. The van der Waals surface area contributed by atoms with Crippen molar-refractivity contribution in [1.82, 2.24) is 15.1 Å². The maximum atomic E-state index is 12.9. The van der Waals surface area contributed by atoms with Gasteiger partial charge in [0.15, 0.2) is 11.5 Å². The molecule has 5 rings (SSSR count). The Balaban J connectivity index is 1.25. The zero-order valence-electron chi connectivity index (χ0n) is 16.7. The third-order valence-electron chi connectivity index (χ3n) is 5.17. The van der Waals surface area contributed by atoms with Crippen LogP contribution in [0.3, 0.4) is 0 Å². The third-order valence-corrected chi connectivity index (χ3v) is 6.29. The molecule has 3 aromatic rings. The van der Waals surface area contributed by atoms with Crippen LogP contribution < -0.4 is 20.1 Å². The maximum absolute atomic E-state index is 12.9. The quantitative estimate of drug-likeness (QED) is 0.590. The first-order valence-electron chi connectivity index (χ1n) is 9.94. The smallest absolute Gasteiger partial charge is 0.322 e. The van der Waals surface area contributed by atoms with E-state index in [1.54, 1.807) is 24.3 Å². The summed E-state index contributed by atoms with van der Waals surface area (Å²) >= 11 is 7.23. The van der Waals surface area contributed by atoms with Crippen LogP contribution in [0.1, 0.15) is 12.8 Å². The first-order chi connectivity index (χ1) is 15.6. The van der Waals surface area contributed by atoms with Crippen molar-refractivity contribution >= 4 is 45.7 Å². The number of rotatable bonds is 4. The van der Waals surface area contributed by atoms with Crippen LogP contribution in [0.15, 0.2) is 42.5 Å². The van der Waals surface area contributed by atoms with E-state index in [1.165, 1.54) is 16.2 Å². The summed E-state index contributed by atoms with van der Waals surface area (Å²) in [6.45, 7) is 0.683. The van der Waals surface area contributed by atoms with E-state index in [0.717, 1.165) is 12.0 Å². The molecule has 0 saturated carbocycles. The zero-order chi connectivity index (χ0) is 22.1. The number of urea groups is 1. The topological polar surface area (TPSA) is 106 Å². The second-order valence-electron chi connectivity index (χ2n) is 7.26. The summed E-state index contributed by atoms with van der Waals surface area (Å²) in [5.74, 6) is 1.04. The number of nitrogens with one attached hydrogen (secondary N) is 2. The number of carbonyl (C=O) groups excluding carboxylic acids is 2. The van der Waals surface area contributed by atoms with Crippen LogP contribution in [-0.4, -0.2) is 46.4 Å². The van der Waals surface area contributed by atoms with E-state index in [9.17, 15) is 9.59 Å². The van der Waals surface area contributed by atoms with Crippen molar-refractivity contribution in [3.8, 4) is 22.1 Å². The molecule has 1 fully saturated rings. The number of carbonyl (C=O) groups is 2. The summed E-state index contributed by atoms with van der Waals surface area (Å²) in [6.07, 6.45) is 1.31.